The average Bonchev–Trinajstić information content (AvgIpc) is 3.11. The van der Waals surface area contributed by atoms with E-state index in [1.165, 1.54) is 11.1 Å². The summed E-state index contributed by atoms with van der Waals surface area (Å²) in [6.07, 6.45) is 0.698. The van der Waals surface area contributed by atoms with Crippen molar-refractivity contribution >= 4 is 18.0 Å². The predicted octanol–water partition coefficient (Wildman–Crippen LogP) is 4.17. The van der Waals surface area contributed by atoms with Crippen LogP contribution >= 0.6 is 0 Å². The Labute approximate surface area is 194 Å². The van der Waals surface area contributed by atoms with Crippen LogP contribution in [0, 0.1) is 11.8 Å². The lowest BCUT2D eigenvalue weighted by atomic mass is 9.98. The van der Waals surface area contributed by atoms with Gasteiger partial charge >= 0.3 is 12.1 Å². The van der Waals surface area contributed by atoms with Crippen LogP contribution in [-0.4, -0.2) is 42.8 Å². The fraction of sp³-hybridized carbons (Fsp3) is 0.423. The molecule has 0 fully saturated rings. The number of carboxylic acids is 1. The summed E-state index contributed by atoms with van der Waals surface area (Å²) < 4.78 is 5.53. The molecule has 0 heterocycles. The first-order chi connectivity index (χ1) is 15.9. The third kappa shape index (κ3) is 6.34. The number of hydrogen-bond acceptors (Lipinski definition) is 4. The molecule has 2 unspecified atom stereocenters. The summed E-state index contributed by atoms with van der Waals surface area (Å²) in [7, 11) is 0. The van der Waals surface area contributed by atoms with Crippen LogP contribution in [0.1, 0.15) is 50.2 Å². The van der Waals surface area contributed by atoms with Crippen LogP contribution in [0.25, 0.3) is 11.1 Å². The zero-order valence-corrected chi connectivity index (χ0v) is 19.2. The van der Waals surface area contributed by atoms with E-state index >= 15 is 0 Å². The molecule has 176 valence electrons. The molecule has 0 saturated heterocycles. The third-order valence-electron chi connectivity index (χ3n) is 6.16. The second kappa shape index (κ2) is 11.5. The van der Waals surface area contributed by atoms with Gasteiger partial charge in [-0.25, -0.2) is 4.79 Å². The minimum atomic E-state index is -0.840. The molecular weight excluding hydrogens is 420 g/mol. The number of benzene rings is 2. The minimum absolute atomic E-state index is 0.0122. The van der Waals surface area contributed by atoms with Crippen LogP contribution < -0.4 is 10.6 Å². The van der Waals surface area contributed by atoms with E-state index in [0.717, 1.165) is 11.1 Å². The zero-order chi connectivity index (χ0) is 23.8. The van der Waals surface area contributed by atoms with Crippen LogP contribution in [-0.2, 0) is 14.3 Å². The topological polar surface area (TPSA) is 105 Å². The summed E-state index contributed by atoms with van der Waals surface area (Å²) in [4.78, 5) is 35.5. The van der Waals surface area contributed by atoms with Gasteiger partial charge in [-0.2, -0.15) is 0 Å². The third-order valence-corrected chi connectivity index (χ3v) is 6.16. The molecule has 1 aliphatic rings. The lowest BCUT2D eigenvalue weighted by molar-refractivity contribution is -0.138. The minimum Gasteiger partial charge on any atom is -0.481 e. The lowest BCUT2D eigenvalue weighted by Crippen LogP contribution is -2.39. The van der Waals surface area contributed by atoms with E-state index < -0.39 is 12.1 Å². The summed E-state index contributed by atoms with van der Waals surface area (Å²) in [6, 6.07) is 16.3. The fourth-order valence-electron chi connectivity index (χ4n) is 4.26. The molecule has 7 nitrogen and oxygen atoms in total. The molecule has 0 radical (unpaired) electrons. The maximum Gasteiger partial charge on any atom is 0.407 e. The maximum atomic E-state index is 12.4. The fourth-order valence-corrected chi connectivity index (χ4v) is 4.26. The predicted molar refractivity (Wildman–Crippen MR) is 126 cm³/mol. The molecule has 7 heteroatoms. The monoisotopic (exact) mass is 452 g/mol. The van der Waals surface area contributed by atoms with Gasteiger partial charge in [0.05, 0.1) is 5.92 Å². The van der Waals surface area contributed by atoms with Gasteiger partial charge in [-0.1, -0.05) is 62.4 Å². The van der Waals surface area contributed by atoms with Gasteiger partial charge in [-0.15, -0.1) is 0 Å². The molecule has 0 bridgehead atoms. The number of aliphatic carboxylic acids is 1. The highest BCUT2D eigenvalue weighted by Gasteiger charge is 2.29. The summed E-state index contributed by atoms with van der Waals surface area (Å²) in [5.74, 6) is -1.39. The van der Waals surface area contributed by atoms with Gasteiger partial charge in [0.25, 0.3) is 0 Å². The van der Waals surface area contributed by atoms with Gasteiger partial charge in [-0.3, -0.25) is 9.59 Å². The molecule has 0 saturated carbocycles. The van der Waals surface area contributed by atoms with E-state index in [9.17, 15) is 14.4 Å². The first-order valence-corrected chi connectivity index (χ1v) is 11.5. The maximum absolute atomic E-state index is 12.4. The molecular formula is C26H32N2O5. The highest BCUT2D eigenvalue weighted by Crippen LogP contribution is 2.44. The SMILES string of the molecule is CCC(CNC(=O)OCC1c2ccccc2-c2ccccc21)C(=O)NCCC(C)CC(=O)O. The highest BCUT2D eigenvalue weighted by molar-refractivity contribution is 5.80. The molecule has 0 spiro atoms. The van der Waals surface area contributed by atoms with Gasteiger partial charge in [0.2, 0.25) is 5.91 Å². The van der Waals surface area contributed by atoms with Crippen molar-refractivity contribution < 1.29 is 24.2 Å². The van der Waals surface area contributed by atoms with Crippen LogP contribution in [0.15, 0.2) is 48.5 Å². The largest absolute Gasteiger partial charge is 0.481 e. The quantitative estimate of drug-likeness (QED) is 0.475. The standard InChI is InChI=1S/C26H32N2O5/c1-3-18(25(31)27-13-12-17(2)14-24(29)30)15-28-26(32)33-16-23-21-10-6-4-8-19(21)20-9-5-7-11-22(20)23/h4-11,17-18,23H,3,12-16H2,1-2H3,(H,27,31)(H,28,32)(H,29,30). The number of carbonyl (C=O) groups excluding carboxylic acids is 2. The van der Waals surface area contributed by atoms with E-state index in [1.54, 1.807) is 0 Å². The Hall–Kier alpha value is -3.35. The molecule has 2 atom stereocenters. The number of ether oxygens (including phenoxy) is 1. The van der Waals surface area contributed by atoms with Crippen molar-refractivity contribution in [1.82, 2.24) is 10.6 Å². The number of nitrogens with one attached hydrogen (secondary N) is 2. The second-order valence-corrected chi connectivity index (χ2v) is 8.59. The average molecular weight is 453 g/mol. The number of carbonyl (C=O) groups is 3. The highest BCUT2D eigenvalue weighted by atomic mass is 16.5. The smallest absolute Gasteiger partial charge is 0.407 e. The molecule has 3 N–H and O–H groups in total. The Balaban J connectivity index is 1.46. The van der Waals surface area contributed by atoms with E-state index in [1.807, 2.05) is 38.1 Å². The van der Waals surface area contributed by atoms with E-state index in [2.05, 4.69) is 34.9 Å². The van der Waals surface area contributed by atoms with Crippen LogP contribution in [0.5, 0.6) is 0 Å². The molecule has 0 aromatic heterocycles. The molecule has 3 rings (SSSR count). The van der Waals surface area contributed by atoms with E-state index in [0.29, 0.717) is 19.4 Å². The number of fused-ring (bicyclic) bond motifs is 3. The first kappa shape index (κ1) is 24.3. The number of alkyl carbamates (subject to hydrolysis) is 1. The van der Waals surface area contributed by atoms with Crippen molar-refractivity contribution in [2.24, 2.45) is 11.8 Å². The summed E-state index contributed by atoms with van der Waals surface area (Å²) in [5, 5.41) is 14.4. The van der Waals surface area contributed by atoms with E-state index in [-0.39, 0.29) is 43.2 Å². The Kier molecular flexibility index (Phi) is 8.46. The zero-order valence-electron chi connectivity index (χ0n) is 19.2. The molecule has 1 aliphatic carbocycles. The molecule has 0 aliphatic heterocycles. The molecule has 33 heavy (non-hydrogen) atoms. The molecule has 2 amide bonds. The van der Waals surface area contributed by atoms with Gasteiger partial charge < -0.3 is 20.5 Å². The number of hydrogen-bond donors (Lipinski definition) is 3. The van der Waals surface area contributed by atoms with Gasteiger partial charge in [0.15, 0.2) is 0 Å². The Morgan fingerprint density at radius 2 is 1.61 bits per heavy atom. The normalized spacial score (nSPS) is 14.0. The molecule has 2 aromatic carbocycles. The Bertz CT molecular complexity index is 945. The van der Waals surface area contributed by atoms with Crippen molar-refractivity contribution in [3.63, 3.8) is 0 Å². The van der Waals surface area contributed by atoms with Crippen LogP contribution in [0.2, 0.25) is 0 Å². The number of amides is 2. The Morgan fingerprint density at radius 1 is 1.00 bits per heavy atom. The molecule has 2 aromatic rings. The Morgan fingerprint density at radius 3 is 2.18 bits per heavy atom. The second-order valence-electron chi connectivity index (χ2n) is 8.59. The lowest BCUT2D eigenvalue weighted by Gasteiger charge is -2.18. The van der Waals surface area contributed by atoms with Crippen molar-refractivity contribution in [3.05, 3.63) is 59.7 Å². The van der Waals surface area contributed by atoms with Crippen molar-refractivity contribution in [1.29, 1.82) is 0 Å². The van der Waals surface area contributed by atoms with Crippen LogP contribution in [0.4, 0.5) is 4.79 Å². The number of rotatable bonds is 11. The van der Waals surface area contributed by atoms with Crippen LogP contribution in [0.3, 0.4) is 0 Å². The summed E-state index contributed by atoms with van der Waals surface area (Å²) >= 11 is 0. The van der Waals surface area contributed by atoms with Gasteiger partial charge in [0, 0.05) is 25.4 Å². The van der Waals surface area contributed by atoms with Gasteiger partial charge in [-0.05, 0) is 41.0 Å². The van der Waals surface area contributed by atoms with Crippen molar-refractivity contribution in [2.75, 3.05) is 19.7 Å². The van der Waals surface area contributed by atoms with Crippen molar-refractivity contribution in [2.45, 2.75) is 39.0 Å². The number of carboxylic acid groups (broad SMARTS) is 1. The van der Waals surface area contributed by atoms with Crippen molar-refractivity contribution in [3.8, 4) is 11.1 Å². The van der Waals surface area contributed by atoms with E-state index in [4.69, 9.17) is 9.84 Å². The first-order valence-electron chi connectivity index (χ1n) is 11.5. The summed E-state index contributed by atoms with van der Waals surface area (Å²) in [6.45, 7) is 4.55. The van der Waals surface area contributed by atoms with Gasteiger partial charge in [0.1, 0.15) is 6.61 Å². The summed E-state index contributed by atoms with van der Waals surface area (Å²) in [5.41, 5.74) is 4.63.